The van der Waals surface area contributed by atoms with Crippen LogP contribution in [0.1, 0.15) is 35.2 Å². The molecule has 0 aliphatic heterocycles. The molecule has 0 heterocycles. The summed E-state index contributed by atoms with van der Waals surface area (Å²) in [6, 6.07) is 5.35. The van der Waals surface area contributed by atoms with Crippen LogP contribution in [0.4, 0.5) is 5.69 Å². The third-order valence-corrected chi connectivity index (χ3v) is 2.70. The number of para-hydroxylation sites is 1. The van der Waals surface area contributed by atoms with Crippen molar-refractivity contribution in [1.82, 2.24) is 5.32 Å². The highest BCUT2D eigenvalue weighted by molar-refractivity contribution is 5.99. The number of amides is 2. The van der Waals surface area contributed by atoms with Gasteiger partial charge >= 0.3 is 0 Å². The van der Waals surface area contributed by atoms with Gasteiger partial charge in [-0.2, -0.15) is 0 Å². The summed E-state index contributed by atoms with van der Waals surface area (Å²) in [7, 11) is 0. The molecule has 5 nitrogen and oxygen atoms in total. The molecule has 0 unspecified atom stereocenters. The van der Waals surface area contributed by atoms with E-state index in [9.17, 15) is 9.59 Å². The standard InChI is InChI=1S/C13H19N3O2/c1-9-5-4-6-10(12(9)15)13(18)16-8-3-2-7-11(14)17/h4-6H,2-3,7-8,15H2,1H3,(H2,14,17)(H,16,18). The Morgan fingerprint density at radius 2 is 2.00 bits per heavy atom. The highest BCUT2D eigenvalue weighted by Gasteiger charge is 2.09. The number of rotatable bonds is 6. The van der Waals surface area contributed by atoms with E-state index in [-0.39, 0.29) is 11.8 Å². The van der Waals surface area contributed by atoms with Crippen molar-refractivity contribution in [3.8, 4) is 0 Å². The number of aryl methyl sites for hydroxylation is 1. The zero-order chi connectivity index (χ0) is 13.5. The van der Waals surface area contributed by atoms with E-state index in [2.05, 4.69) is 5.32 Å². The van der Waals surface area contributed by atoms with Crippen molar-refractivity contribution in [2.75, 3.05) is 12.3 Å². The van der Waals surface area contributed by atoms with E-state index in [1.54, 1.807) is 12.1 Å². The number of primary amides is 1. The van der Waals surface area contributed by atoms with Crippen LogP contribution in [0.2, 0.25) is 0 Å². The van der Waals surface area contributed by atoms with Gasteiger partial charge in [-0.15, -0.1) is 0 Å². The fraction of sp³-hybridized carbons (Fsp3) is 0.385. The first-order valence-corrected chi connectivity index (χ1v) is 5.94. The fourth-order valence-corrected chi connectivity index (χ4v) is 1.60. The lowest BCUT2D eigenvalue weighted by Gasteiger charge is -2.08. The third-order valence-electron chi connectivity index (χ3n) is 2.70. The molecule has 0 fully saturated rings. The van der Waals surface area contributed by atoms with Gasteiger partial charge in [0.1, 0.15) is 0 Å². The molecule has 0 aromatic heterocycles. The number of carbonyl (C=O) groups is 2. The van der Waals surface area contributed by atoms with Crippen LogP contribution in [-0.2, 0) is 4.79 Å². The van der Waals surface area contributed by atoms with Gasteiger partial charge in [0.25, 0.3) is 5.91 Å². The summed E-state index contributed by atoms with van der Waals surface area (Å²) in [6.07, 6.45) is 1.75. The first-order chi connectivity index (χ1) is 8.52. The van der Waals surface area contributed by atoms with E-state index in [0.29, 0.717) is 30.6 Å². The van der Waals surface area contributed by atoms with Crippen molar-refractivity contribution >= 4 is 17.5 Å². The number of hydrogen-bond acceptors (Lipinski definition) is 3. The molecule has 5 N–H and O–H groups in total. The Morgan fingerprint density at radius 1 is 1.28 bits per heavy atom. The predicted molar refractivity (Wildman–Crippen MR) is 71.0 cm³/mol. The number of carbonyl (C=O) groups excluding carboxylic acids is 2. The van der Waals surface area contributed by atoms with Crippen LogP contribution >= 0.6 is 0 Å². The molecule has 1 rings (SSSR count). The topological polar surface area (TPSA) is 98.2 Å². The number of nitrogens with two attached hydrogens (primary N) is 2. The molecular formula is C13H19N3O2. The minimum Gasteiger partial charge on any atom is -0.398 e. The van der Waals surface area contributed by atoms with Crippen molar-refractivity contribution in [3.63, 3.8) is 0 Å². The molecule has 0 bridgehead atoms. The van der Waals surface area contributed by atoms with Gasteiger partial charge in [0.05, 0.1) is 5.56 Å². The summed E-state index contributed by atoms with van der Waals surface area (Å²) < 4.78 is 0. The van der Waals surface area contributed by atoms with E-state index in [4.69, 9.17) is 11.5 Å². The lowest BCUT2D eigenvalue weighted by molar-refractivity contribution is -0.118. The minimum atomic E-state index is -0.316. The Bertz CT molecular complexity index is 444. The van der Waals surface area contributed by atoms with Crippen LogP contribution in [-0.4, -0.2) is 18.4 Å². The number of anilines is 1. The summed E-state index contributed by atoms with van der Waals surface area (Å²) in [5, 5.41) is 2.77. The summed E-state index contributed by atoms with van der Waals surface area (Å²) in [4.78, 5) is 22.4. The first-order valence-electron chi connectivity index (χ1n) is 5.94. The van der Waals surface area contributed by atoms with Crippen LogP contribution in [0.25, 0.3) is 0 Å². The maximum atomic E-state index is 11.8. The molecule has 0 radical (unpaired) electrons. The van der Waals surface area contributed by atoms with E-state index >= 15 is 0 Å². The van der Waals surface area contributed by atoms with Gasteiger partial charge in [0.15, 0.2) is 0 Å². The van der Waals surface area contributed by atoms with Gasteiger partial charge in [0, 0.05) is 18.7 Å². The summed E-state index contributed by atoms with van der Waals surface area (Å²) in [5.41, 5.74) is 12.7. The Balaban J connectivity index is 2.41. The van der Waals surface area contributed by atoms with Gasteiger partial charge in [0.2, 0.25) is 5.91 Å². The van der Waals surface area contributed by atoms with Crippen LogP contribution in [0.5, 0.6) is 0 Å². The molecule has 0 spiro atoms. The Hall–Kier alpha value is -2.04. The SMILES string of the molecule is Cc1cccc(C(=O)NCCCCC(N)=O)c1N. The predicted octanol–water partition coefficient (Wildman–Crippen LogP) is 0.963. The van der Waals surface area contributed by atoms with Gasteiger partial charge in [-0.25, -0.2) is 0 Å². The molecule has 0 aliphatic rings. The average Bonchev–Trinajstić information content (AvgIpc) is 2.31. The number of nitrogens with one attached hydrogen (secondary N) is 1. The Morgan fingerprint density at radius 3 is 2.67 bits per heavy atom. The molecule has 0 aliphatic carbocycles. The molecule has 98 valence electrons. The Kier molecular flexibility index (Phi) is 5.17. The maximum Gasteiger partial charge on any atom is 0.253 e. The maximum absolute atomic E-state index is 11.8. The smallest absolute Gasteiger partial charge is 0.253 e. The second kappa shape index (κ2) is 6.64. The average molecular weight is 249 g/mol. The number of nitrogen functional groups attached to an aromatic ring is 1. The minimum absolute atomic E-state index is 0.185. The summed E-state index contributed by atoms with van der Waals surface area (Å²) in [5.74, 6) is -0.500. The van der Waals surface area contributed by atoms with Gasteiger partial charge in [-0.1, -0.05) is 12.1 Å². The monoisotopic (exact) mass is 249 g/mol. The lowest BCUT2D eigenvalue weighted by Crippen LogP contribution is -2.25. The molecular weight excluding hydrogens is 230 g/mol. The normalized spacial score (nSPS) is 10.1. The summed E-state index contributed by atoms with van der Waals surface area (Å²) in [6.45, 7) is 2.37. The summed E-state index contributed by atoms with van der Waals surface area (Å²) >= 11 is 0. The zero-order valence-corrected chi connectivity index (χ0v) is 10.5. The quantitative estimate of drug-likeness (QED) is 0.517. The van der Waals surface area contributed by atoms with E-state index in [0.717, 1.165) is 12.0 Å². The van der Waals surface area contributed by atoms with Crippen molar-refractivity contribution in [2.45, 2.75) is 26.2 Å². The van der Waals surface area contributed by atoms with Crippen LogP contribution in [0.15, 0.2) is 18.2 Å². The van der Waals surface area contributed by atoms with Crippen molar-refractivity contribution in [2.24, 2.45) is 5.73 Å². The largest absolute Gasteiger partial charge is 0.398 e. The van der Waals surface area contributed by atoms with Crippen LogP contribution < -0.4 is 16.8 Å². The molecule has 5 heteroatoms. The van der Waals surface area contributed by atoms with Gasteiger partial charge < -0.3 is 16.8 Å². The van der Waals surface area contributed by atoms with Crippen molar-refractivity contribution in [1.29, 1.82) is 0 Å². The molecule has 2 amide bonds. The molecule has 0 saturated heterocycles. The van der Waals surface area contributed by atoms with Crippen molar-refractivity contribution < 1.29 is 9.59 Å². The molecule has 1 aromatic rings. The van der Waals surface area contributed by atoms with Crippen LogP contribution in [0.3, 0.4) is 0 Å². The molecule has 18 heavy (non-hydrogen) atoms. The van der Waals surface area contributed by atoms with E-state index in [1.165, 1.54) is 0 Å². The highest BCUT2D eigenvalue weighted by atomic mass is 16.2. The van der Waals surface area contributed by atoms with Gasteiger partial charge in [-0.3, -0.25) is 9.59 Å². The first kappa shape index (κ1) is 14.0. The molecule has 0 atom stereocenters. The van der Waals surface area contributed by atoms with Gasteiger partial charge in [-0.05, 0) is 31.4 Å². The highest BCUT2D eigenvalue weighted by Crippen LogP contribution is 2.15. The Labute approximate surface area is 107 Å². The molecule has 0 saturated carbocycles. The van der Waals surface area contributed by atoms with E-state index < -0.39 is 0 Å². The fourth-order valence-electron chi connectivity index (χ4n) is 1.60. The zero-order valence-electron chi connectivity index (χ0n) is 10.5. The number of hydrogen-bond donors (Lipinski definition) is 3. The second-order valence-electron chi connectivity index (χ2n) is 4.22. The lowest BCUT2D eigenvalue weighted by atomic mass is 10.1. The number of benzene rings is 1. The van der Waals surface area contributed by atoms with Crippen molar-refractivity contribution in [3.05, 3.63) is 29.3 Å². The van der Waals surface area contributed by atoms with Crippen LogP contribution in [0, 0.1) is 6.92 Å². The third kappa shape index (κ3) is 4.08. The molecule has 1 aromatic carbocycles. The van der Waals surface area contributed by atoms with E-state index in [1.807, 2.05) is 13.0 Å². The second-order valence-corrected chi connectivity index (χ2v) is 4.22. The number of unbranched alkanes of at least 4 members (excludes halogenated alkanes) is 1.